The van der Waals surface area contributed by atoms with Crippen LogP contribution in [0.3, 0.4) is 0 Å². The Balaban J connectivity index is 2.83. The first-order valence-electron chi connectivity index (χ1n) is 6.69. The van der Waals surface area contributed by atoms with Crippen LogP contribution in [0.4, 0.5) is 4.79 Å². The van der Waals surface area contributed by atoms with Crippen molar-refractivity contribution in [2.24, 2.45) is 11.8 Å². The monoisotopic (exact) mass is 288 g/mol. The van der Waals surface area contributed by atoms with Gasteiger partial charge in [-0.2, -0.15) is 0 Å². The van der Waals surface area contributed by atoms with Crippen molar-refractivity contribution < 1.29 is 14.7 Å². The van der Waals surface area contributed by atoms with Crippen LogP contribution in [0, 0.1) is 11.8 Å². The smallest absolute Gasteiger partial charge is 0.327 e. The molecular formula is C13H24N2O3S. The average molecular weight is 288 g/mol. The van der Waals surface area contributed by atoms with Crippen molar-refractivity contribution in [3.63, 3.8) is 0 Å². The third-order valence-corrected chi connectivity index (χ3v) is 5.10. The van der Waals surface area contributed by atoms with E-state index in [0.29, 0.717) is 11.7 Å². The molecule has 19 heavy (non-hydrogen) atoms. The van der Waals surface area contributed by atoms with Crippen LogP contribution in [0.2, 0.25) is 0 Å². The van der Waals surface area contributed by atoms with Crippen molar-refractivity contribution in [3.05, 3.63) is 0 Å². The summed E-state index contributed by atoms with van der Waals surface area (Å²) >= 11 is 1.54. The Kier molecular flexibility index (Phi) is 5.52. The summed E-state index contributed by atoms with van der Waals surface area (Å²) in [6, 6.07) is -0.964. The average Bonchev–Trinajstić information content (AvgIpc) is 2.72. The zero-order valence-electron chi connectivity index (χ0n) is 12.2. The molecule has 0 aliphatic carbocycles. The number of hydrogen-bond donors (Lipinski definition) is 2. The van der Waals surface area contributed by atoms with Gasteiger partial charge in [0, 0.05) is 11.8 Å². The van der Waals surface area contributed by atoms with Crippen LogP contribution in [-0.4, -0.2) is 45.2 Å². The molecule has 1 saturated heterocycles. The van der Waals surface area contributed by atoms with E-state index < -0.39 is 12.0 Å². The van der Waals surface area contributed by atoms with E-state index in [1.165, 1.54) is 4.90 Å². The Bertz CT molecular complexity index is 347. The van der Waals surface area contributed by atoms with Gasteiger partial charge in [0.05, 0.1) is 5.37 Å². The van der Waals surface area contributed by atoms with E-state index in [1.54, 1.807) is 11.8 Å². The van der Waals surface area contributed by atoms with Gasteiger partial charge < -0.3 is 10.4 Å². The van der Waals surface area contributed by atoms with Gasteiger partial charge in [-0.05, 0) is 18.8 Å². The maximum atomic E-state index is 12.3. The van der Waals surface area contributed by atoms with Gasteiger partial charge in [0.1, 0.15) is 6.04 Å². The molecule has 3 atom stereocenters. The van der Waals surface area contributed by atoms with Gasteiger partial charge in [-0.1, -0.05) is 27.7 Å². The molecule has 0 spiro atoms. The van der Waals surface area contributed by atoms with Crippen LogP contribution in [0.1, 0.15) is 34.6 Å². The van der Waals surface area contributed by atoms with E-state index in [0.717, 1.165) is 0 Å². The summed E-state index contributed by atoms with van der Waals surface area (Å²) in [6.07, 6.45) is 0. The first kappa shape index (κ1) is 16.1. The maximum absolute atomic E-state index is 12.3. The molecule has 1 fully saturated rings. The highest BCUT2D eigenvalue weighted by Crippen LogP contribution is 2.34. The summed E-state index contributed by atoms with van der Waals surface area (Å²) in [5.74, 6) is 0.0826. The molecule has 5 nitrogen and oxygen atoms in total. The summed E-state index contributed by atoms with van der Waals surface area (Å²) in [5.41, 5.74) is 0. The molecule has 0 radical (unpaired) electrons. The van der Waals surface area contributed by atoms with E-state index in [-0.39, 0.29) is 23.4 Å². The molecule has 1 aliphatic rings. The number of carbonyl (C=O) groups excluding carboxylic acids is 1. The van der Waals surface area contributed by atoms with Crippen LogP contribution in [-0.2, 0) is 4.79 Å². The second-order valence-corrected chi connectivity index (χ2v) is 6.86. The lowest BCUT2D eigenvalue weighted by atomic mass is 10.1. The van der Waals surface area contributed by atoms with Crippen LogP contribution >= 0.6 is 11.8 Å². The van der Waals surface area contributed by atoms with Crippen molar-refractivity contribution in [2.45, 2.75) is 52.1 Å². The number of carboxylic acid groups (broad SMARTS) is 1. The van der Waals surface area contributed by atoms with Crippen molar-refractivity contribution in [1.82, 2.24) is 10.2 Å². The molecular weight excluding hydrogens is 264 g/mol. The Morgan fingerprint density at radius 3 is 2.26 bits per heavy atom. The summed E-state index contributed by atoms with van der Waals surface area (Å²) in [4.78, 5) is 25.1. The minimum atomic E-state index is -0.928. The normalized spacial score (nSPS) is 24.9. The number of rotatable bonds is 4. The molecule has 0 aromatic carbocycles. The Morgan fingerprint density at radius 1 is 1.26 bits per heavy atom. The highest BCUT2D eigenvalue weighted by Gasteiger charge is 2.43. The predicted molar refractivity (Wildman–Crippen MR) is 77.2 cm³/mol. The second-order valence-electron chi connectivity index (χ2n) is 5.71. The third-order valence-electron chi connectivity index (χ3n) is 3.48. The van der Waals surface area contributed by atoms with Gasteiger partial charge in [0.2, 0.25) is 0 Å². The van der Waals surface area contributed by atoms with Gasteiger partial charge in [-0.3, -0.25) is 4.90 Å². The molecule has 110 valence electrons. The molecule has 0 aromatic heterocycles. The quantitative estimate of drug-likeness (QED) is 0.832. The van der Waals surface area contributed by atoms with E-state index in [2.05, 4.69) is 5.32 Å². The molecule has 3 unspecified atom stereocenters. The lowest BCUT2D eigenvalue weighted by molar-refractivity contribution is -0.141. The summed E-state index contributed by atoms with van der Waals surface area (Å²) < 4.78 is 0. The van der Waals surface area contributed by atoms with Crippen LogP contribution in [0.15, 0.2) is 0 Å². The SMILES string of the molecule is CC(C)C(C)NC(=O)N1C(C(=O)O)CSC1C(C)C. The first-order valence-corrected chi connectivity index (χ1v) is 7.73. The molecule has 0 saturated carbocycles. The molecule has 1 aliphatic heterocycles. The molecule has 2 amide bonds. The third kappa shape index (κ3) is 3.78. The standard InChI is InChI=1S/C13H24N2O3S/c1-7(2)9(5)14-13(18)15-10(12(16)17)6-19-11(15)8(3)4/h7-11H,6H2,1-5H3,(H,14,18)(H,16,17). The van der Waals surface area contributed by atoms with Gasteiger partial charge in [-0.15, -0.1) is 11.8 Å². The minimum absolute atomic E-state index is 0.0281. The topological polar surface area (TPSA) is 69.6 Å². The van der Waals surface area contributed by atoms with Crippen LogP contribution < -0.4 is 5.32 Å². The zero-order chi connectivity index (χ0) is 14.7. The molecule has 2 N–H and O–H groups in total. The number of urea groups is 1. The number of hydrogen-bond acceptors (Lipinski definition) is 3. The fraction of sp³-hybridized carbons (Fsp3) is 0.846. The number of carboxylic acids is 1. The van der Waals surface area contributed by atoms with E-state index >= 15 is 0 Å². The van der Waals surface area contributed by atoms with Crippen molar-refractivity contribution >= 4 is 23.8 Å². The van der Waals surface area contributed by atoms with Crippen molar-refractivity contribution in [2.75, 3.05) is 5.75 Å². The fourth-order valence-electron chi connectivity index (χ4n) is 1.92. The molecule has 0 bridgehead atoms. The van der Waals surface area contributed by atoms with Crippen molar-refractivity contribution in [3.8, 4) is 0 Å². The number of nitrogens with one attached hydrogen (secondary N) is 1. The van der Waals surface area contributed by atoms with Gasteiger partial charge in [0.25, 0.3) is 0 Å². The van der Waals surface area contributed by atoms with E-state index in [4.69, 9.17) is 0 Å². The molecule has 1 heterocycles. The Hall–Kier alpha value is -0.910. The largest absolute Gasteiger partial charge is 0.480 e. The molecule has 6 heteroatoms. The van der Waals surface area contributed by atoms with E-state index in [1.807, 2.05) is 34.6 Å². The Morgan fingerprint density at radius 2 is 1.84 bits per heavy atom. The van der Waals surface area contributed by atoms with Crippen molar-refractivity contribution in [1.29, 1.82) is 0 Å². The number of carbonyl (C=O) groups is 2. The Labute approximate surface area is 119 Å². The zero-order valence-corrected chi connectivity index (χ0v) is 13.0. The summed E-state index contributed by atoms with van der Waals surface area (Å²) in [7, 11) is 0. The first-order chi connectivity index (χ1) is 8.75. The minimum Gasteiger partial charge on any atom is -0.480 e. The lowest BCUT2D eigenvalue weighted by Crippen LogP contribution is -2.53. The number of aliphatic carboxylic acids is 1. The number of nitrogens with zero attached hydrogens (tertiary/aromatic N) is 1. The number of amides is 2. The van der Waals surface area contributed by atoms with Gasteiger partial charge in [-0.25, -0.2) is 9.59 Å². The molecule has 0 aromatic rings. The van der Waals surface area contributed by atoms with Crippen LogP contribution in [0.5, 0.6) is 0 Å². The van der Waals surface area contributed by atoms with Gasteiger partial charge >= 0.3 is 12.0 Å². The molecule has 1 rings (SSSR count). The lowest BCUT2D eigenvalue weighted by Gasteiger charge is -2.31. The van der Waals surface area contributed by atoms with Crippen LogP contribution in [0.25, 0.3) is 0 Å². The highest BCUT2D eigenvalue weighted by molar-refractivity contribution is 8.00. The second kappa shape index (κ2) is 6.50. The summed E-state index contributed by atoms with van der Waals surface area (Å²) in [6.45, 7) is 10.0. The highest BCUT2D eigenvalue weighted by atomic mass is 32.2. The van der Waals surface area contributed by atoms with E-state index in [9.17, 15) is 14.7 Å². The van der Waals surface area contributed by atoms with Gasteiger partial charge in [0.15, 0.2) is 0 Å². The number of thioether (sulfide) groups is 1. The maximum Gasteiger partial charge on any atom is 0.327 e. The predicted octanol–water partition coefficient (Wildman–Crippen LogP) is 2.22. The fourth-order valence-corrected chi connectivity index (χ4v) is 3.40. The summed E-state index contributed by atoms with van der Waals surface area (Å²) in [5, 5.41) is 12.1.